The fourth-order valence-corrected chi connectivity index (χ4v) is 4.37. The highest BCUT2D eigenvalue weighted by Crippen LogP contribution is 2.48. The fraction of sp³-hybridized carbons (Fsp3) is 0.562. The maximum Gasteiger partial charge on any atom is 0.308 e. The molecule has 4 atom stereocenters. The number of carbonyl (C=O) groups is 1. The van der Waals surface area contributed by atoms with Gasteiger partial charge in [-0.15, -0.1) is 0 Å². The molecule has 0 heterocycles. The van der Waals surface area contributed by atoms with E-state index in [0.29, 0.717) is 18.4 Å². The summed E-state index contributed by atoms with van der Waals surface area (Å²) in [6.07, 6.45) is 3.29. The molecule has 2 aliphatic rings. The molecular weight excluding hydrogens is 334 g/mol. The lowest BCUT2D eigenvalue weighted by atomic mass is 9.84. The van der Waals surface area contributed by atoms with Crippen LogP contribution in [0.5, 0.6) is 5.75 Å². The van der Waals surface area contributed by atoms with Gasteiger partial charge in [0.05, 0.1) is 13.0 Å². The smallest absolute Gasteiger partial charge is 0.308 e. The minimum absolute atomic E-state index is 0.0966. The summed E-state index contributed by atoms with van der Waals surface area (Å²) in [6, 6.07) is 5.95. The van der Waals surface area contributed by atoms with Gasteiger partial charge >= 0.3 is 5.97 Å². The summed E-state index contributed by atoms with van der Waals surface area (Å²) in [5.41, 5.74) is 1.10. The van der Waals surface area contributed by atoms with E-state index in [2.05, 4.69) is 21.2 Å². The van der Waals surface area contributed by atoms with Gasteiger partial charge in [-0.1, -0.05) is 15.9 Å². The Bertz CT molecular complexity index is 548. The third-order valence-corrected chi connectivity index (χ3v) is 5.76. The average Bonchev–Trinajstić information content (AvgIpc) is 3.07. The normalized spacial score (nSPS) is 30.6. The van der Waals surface area contributed by atoms with Gasteiger partial charge in [0.1, 0.15) is 5.75 Å². The third kappa shape index (κ3) is 2.81. The second-order valence-corrected chi connectivity index (χ2v) is 6.92. The predicted molar refractivity (Wildman–Crippen MR) is 83.3 cm³/mol. The highest BCUT2D eigenvalue weighted by Gasteiger charge is 2.50. The summed E-state index contributed by atoms with van der Waals surface area (Å²) in [5, 5.41) is 13.0. The Hall–Kier alpha value is -1.07. The number of carboxylic acids is 1. The molecule has 1 aromatic carbocycles. The van der Waals surface area contributed by atoms with Gasteiger partial charge in [0.2, 0.25) is 0 Å². The van der Waals surface area contributed by atoms with Crippen molar-refractivity contribution in [1.29, 1.82) is 0 Å². The molecule has 0 spiro atoms. The SMILES string of the molecule is COc1ccc(Br)c(CNC2C3CCC(C3)C2C(=O)O)c1. The number of hydrogen-bond acceptors (Lipinski definition) is 3. The number of aliphatic carboxylic acids is 1. The van der Waals surface area contributed by atoms with Crippen LogP contribution in [0, 0.1) is 17.8 Å². The van der Waals surface area contributed by atoms with Crippen molar-refractivity contribution in [2.75, 3.05) is 7.11 Å². The molecule has 0 aromatic heterocycles. The highest BCUT2D eigenvalue weighted by atomic mass is 79.9. The number of rotatable bonds is 5. The number of halogens is 1. The van der Waals surface area contributed by atoms with Crippen molar-refractivity contribution >= 4 is 21.9 Å². The van der Waals surface area contributed by atoms with Crippen molar-refractivity contribution in [3.63, 3.8) is 0 Å². The molecule has 2 bridgehead atoms. The molecule has 2 N–H and O–H groups in total. The number of ether oxygens (including phenoxy) is 1. The van der Waals surface area contributed by atoms with Crippen molar-refractivity contribution in [3.05, 3.63) is 28.2 Å². The lowest BCUT2D eigenvalue weighted by Gasteiger charge is -2.29. The molecule has 3 rings (SSSR count). The lowest BCUT2D eigenvalue weighted by Crippen LogP contribution is -2.43. The Kier molecular flexibility index (Phi) is 4.22. The van der Waals surface area contributed by atoms with Gasteiger partial charge < -0.3 is 15.2 Å². The largest absolute Gasteiger partial charge is 0.497 e. The zero-order chi connectivity index (χ0) is 15.0. The molecule has 5 heteroatoms. The van der Waals surface area contributed by atoms with Crippen molar-refractivity contribution in [1.82, 2.24) is 5.32 Å². The standard InChI is InChI=1S/C16H20BrNO3/c1-21-12-4-5-13(17)11(7-12)8-18-15-10-3-2-9(6-10)14(15)16(19)20/h4-5,7,9-10,14-15,18H,2-3,6,8H2,1H3,(H,19,20). The number of hydrogen-bond donors (Lipinski definition) is 2. The van der Waals surface area contributed by atoms with Crippen LogP contribution in [-0.4, -0.2) is 24.2 Å². The molecule has 0 aliphatic heterocycles. The van der Waals surface area contributed by atoms with E-state index in [9.17, 15) is 9.90 Å². The Morgan fingerprint density at radius 2 is 2.19 bits per heavy atom. The van der Waals surface area contributed by atoms with Gasteiger partial charge in [0, 0.05) is 17.1 Å². The minimum Gasteiger partial charge on any atom is -0.497 e. The number of nitrogens with one attached hydrogen (secondary N) is 1. The zero-order valence-electron chi connectivity index (χ0n) is 12.0. The summed E-state index contributed by atoms with van der Waals surface area (Å²) >= 11 is 3.54. The number of methoxy groups -OCH3 is 1. The van der Waals surface area contributed by atoms with Gasteiger partial charge in [0.15, 0.2) is 0 Å². The molecule has 21 heavy (non-hydrogen) atoms. The highest BCUT2D eigenvalue weighted by molar-refractivity contribution is 9.10. The average molecular weight is 354 g/mol. The van der Waals surface area contributed by atoms with Crippen LogP contribution in [0.25, 0.3) is 0 Å². The molecule has 0 radical (unpaired) electrons. The van der Waals surface area contributed by atoms with Crippen molar-refractivity contribution in [2.24, 2.45) is 17.8 Å². The molecule has 0 saturated heterocycles. The fourth-order valence-electron chi connectivity index (χ4n) is 3.98. The minimum atomic E-state index is -0.649. The third-order valence-electron chi connectivity index (χ3n) is 4.98. The Labute approximate surface area is 133 Å². The molecule has 4 unspecified atom stereocenters. The van der Waals surface area contributed by atoms with Crippen LogP contribution < -0.4 is 10.1 Å². The summed E-state index contributed by atoms with van der Waals surface area (Å²) in [7, 11) is 1.65. The van der Waals surface area contributed by atoms with E-state index >= 15 is 0 Å². The van der Waals surface area contributed by atoms with Gasteiger partial charge in [-0.25, -0.2) is 0 Å². The monoisotopic (exact) mass is 353 g/mol. The summed E-state index contributed by atoms with van der Waals surface area (Å²) in [4.78, 5) is 11.5. The second-order valence-electron chi connectivity index (χ2n) is 6.06. The first-order valence-electron chi connectivity index (χ1n) is 7.38. The molecular formula is C16H20BrNO3. The topological polar surface area (TPSA) is 58.6 Å². The van der Waals surface area contributed by atoms with Gasteiger partial charge in [-0.05, 0) is 54.9 Å². The maximum absolute atomic E-state index is 11.5. The van der Waals surface area contributed by atoms with Crippen LogP contribution in [0.15, 0.2) is 22.7 Å². The molecule has 2 saturated carbocycles. The summed E-state index contributed by atoms with van der Waals surface area (Å²) in [6.45, 7) is 0.662. The molecule has 0 amide bonds. The van der Waals surface area contributed by atoms with Gasteiger partial charge in [-0.3, -0.25) is 4.79 Å². The van der Waals surface area contributed by atoms with Crippen LogP contribution in [0.4, 0.5) is 0 Å². The first-order valence-corrected chi connectivity index (χ1v) is 8.18. The summed E-state index contributed by atoms with van der Waals surface area (Å²) in [5.74, 6) is 0.814. The van der Waals surface area contributed by atoms with Crippen LogP contribution >= 0.6 is 15.9 Å². The first-order chi connectivity index (χ1) is 10.1. The Balaban J connectivity index is 1.71. The van der Waals surface area contributed by atoms with E-state index in [0.717, 1.165) is 35.0 Å². The van der Waals surface area contributed by atoms with E-state index < -0.39 is 5.97 Å². The number of benzene rings is 1. The van der Waals surface area contributed by atoms with Gasteiger partial charge in [-0.2, -0.15) is 0 Å². The molecule has 1 aromatic rings. The van der Waals surface area contributed by atoms with E-state index in [1.807, 2.05) is 18.2 Å². The second kappa shape index (κ2) is 5.97. The quantitative estimate of drug-likeness (QED) is 0.853. The zero-order valence-corrected chi connectivity index (χ0v) is 13.6. The number of fused-ring (bicyclic) bond motifs is 2. The van der Waals surface area contributed by atoms with Crippen molar-refractivity contribution < 1.29 is 14.6 Å². The van der Waals surface area contributed by atoms with E-state index in [4.69, 9.17) is 4.74 Å². The van der Waals surface area contributed by atoms with E-state index in [1.54, 1.807) is 7.11 Å². The predicted octanol–water partition coefficient (Wildman–Crippen LogP) is 3.05. The van der Waals surface area contributed by atoms with E-state index in [1.165, 1.54) is 0 Å². The Morgan fingerprint density at radius 1 is 1.43 bits per heavy atom. The number of carboxylic acid groups (broad SMARTS) is 1. The molecule has 4 nitrogen and oxygen atoms in total. The lowest BCUT2D eigenvalue weighted by molar-refractivity contribution is -0.144. The summed E-state index contributed by atoms with van der Waals surface area (Å²) < 4.78 is 6.27. The Morgan fingerprint density at radius 3 is 2.90 bits per heavy atom. The van der Waals surface area contributed by atoms with Crippen LogP contribution in [0.1, 0.15) is 24.8 Å². The van der Waals surface area contributed by atoms with Crippen LogP contribution in [-0.2, 0) is 11.3 Å². The van der Waals surface area contributed by atoms with Gasteiger partial charge in [0.25, 0.3) is 0 Å². The first kappa shape index (κ1) is 14.9. The van der Waals surface area contributed by atoms with Crippen LogP contribution in [0.3, 0.4) is 0 Å². The van der Waals surface area contributed by atoms with Crippen molar-refractivity contribution in [2.45, 2.75) is 31.8 Å². The van der Waals surface area contributed by atoms with Crippen LogP contribution in [0.2, 0.25) is 0 Å². The van der Waals surface area contributed by atoms with E-state index in [-0.39, 0.29) is 12.0 Å². The maximum atomic E-state index is 11.5. The molecule has 2 aliphatic carbocycles. The molecule has 114 valence electrons. The van der Waals surface area contributed by atoms with Crippen molar-refractivity contribution in [3.8, 4) is 5.75 Å². The molecule has 2 fully saturated rings.